The largest absolute Gasteiger partial charge is 0.503 e. The van der Waals surface area contributed by atoms with Crippen LogP contribution in [-0.4, -0.2) is 3.44 Å². The van der Waals surface area contributed by atoms with Crippen molar-refractivity contribution >= 4 is 0 Å². The van der Waals surface area contributed by atoms with Crippen LogP contribution in [0.4, 0.5) is 0 Å². The van der Waals surface area contributed by atoms with Gasteiger partial charge in [0, 0.05) is 0 Å². The van der Waals surface area contributed by atoms with E-state index in [0.717, 1.165) is 0 Å². The van der Waals surface area contributed by atoms with Crippen LogP contribution in [0.25, 0.3) is 0 Å². The molecular weight excluding hydrogens is 271 g/mol. The molecule has 0 aliphatic rings. The van der Waals surface area contributed by atoms with Crippen LogP contribution in [-0.2, 0) is 0 Å². The van der Waals surface area contributed by atoms with Crippen LogP contribution >= 0.6 is 0 Å². The molecule has 0 aromatic heterocycles. The van der Waals surface area contributed by atoms with Crippen LogP contribution < -0.4 is 27.9 Å². The Bertz CT molecular complexity index is 60.6. The van der Waals surface area contributed by atoms with Gasteiger partial charge in [-0.2, -0.15) is 0 Å². The monoisotopic (exact) mass is 290 g/mol. The minimum atomic E-state index is -3.76. The average Bonchev–Trinajstić information content (AvgIpc) is 1.97. The van der Waals surface area contributed by atoms with Crippen molar-refractivity contribution in [2.24, 2.45) is 0 Å². The topological polar surface area (TPSA) is 66.3 Å². The van der Waals surface area contributed by atoms with Gasteiger partial charge in [-0.15, -0.1) is 0 Å². The normalized spacial score (nSPS) is 9.50. The van der Waals surface area contributed by atoms with Crippen LogP contribution in [0.1, 0.15) is 52.4 Å². The highest BCUT2D eigenvalue weighted by atomic mass is 127. The van der Waals surface area contributed by atoms with E-state index in [4.69, 9.17) is 10.3 Å². The van der Waals surface area contributed by atoms with Crippen molar-refractivity contribution in [1.82, 2.24) is 0 Å². The second-order valence-corrected chi connectivity index (χ2v) is 3.76. The lowest BCUT2D eigenvalue weighted by Gasteiger charge is -1.93. The van der Waals surface area contributed by atoms with Gasteiger partial charge in [0.15, 0.2) is 0 Å². The summed E-state index contributed by atoms with van der Waals surface area (Å²) in [6.45, 7) is 4.51. The molecule has 0 radical (unpaired) electrons. The third-order valence-corrected chi connectivity index (χ3v) is 1.46. The molecule has 0 aliphatic carbocycles. The van der Waals surface area contributed by atoms with Gasteiger partial charge in [0.1, 0.15) is 0 Å². The Morgan fingerprint density at radius 3 is 1.33 bits per heavy atom. The van der Waals surface area contributed by atoms with E-state index >= 15 is 0 Å². The van der Waals surface area contributed by atoms with Crippen LogP contribution in [0.5, 0.6) is 0 Å². The molecule has 0 saturated heterocycles. The molecule has 12 heavy (non-hydrogen) atoms. The average molecular weight is 290 g/mol. The van der Waals surface area contributed by atoms with Crippen LogP contribution in [0.2, 0.25) is 0 Å². The molecule has 4 heteroatoms. The van der Waals surface area contributed by atoms with Crippen molar-refractivity contribution in [2.45, 2.75) is 52.4 Å². The Balaban J connectivity index is 0. The van der Waals surface area contributed by atoms with E-state index in [1.54, 1.807) is 0 Å². The summed E-state index contributed by atoms with van der Waals surface area (Å²) in [5, 5.41) is 0. The molecule has 0 unspecified atom stereocenters. The molecule has 0 spiro atoms. The highest BCUT2D eigenvalue weighted by Crippen LogP contribution is 2.03. The summed E-state index contributed by atoms with van der Waals surface area (Å²) in [6, 6.07) is 0. The zero-order valence-corrected chi connectivity index (χ0v) is 10.0. The standard InChI is InChI=1S/C8H18.HIO3/c1-3-5-7-8-6-4-2;2-1(3)4/h3-8H2,1-2H3;2H. The molecule has 1 N–H and O–H groups in total. The van der Waals surface area contributed by atoms with Gasteiger partial charge in [-0.3, -0.25) is 0 Å². The molecule has 0 aliphatic heterocycles. The van der Waals surface area contributed by atoms with E-state index in [0.29, 0.717) is 0 Å². The van der Waals surface area contributed by atoms with Crippen LogP contribution in [0.3, 0.4) is 0 Å². The van der Waals surface area contributed by atoms with Gasteiger partial charge in [0.25, 0.3) is 0 Å². The Labute approximate surface area is 83.8 Å². The fourth-order valence-corrected chi connectivity index (χ4v) is 0.854. The molecule has 76 valence electrons. The molecule has 0 heterocycles. The maximum Gasteiger partial charge on any atom is 0.503 e. The first-order valence-electron chi connectivity index (χ1n) is 4.39. The van der Waals surface area contributed by atoms with Crippen molar-refractivity contribution in [3.63, 3.8) is 0 Å². The Morgan fingerprint density at radius 2 is 1.17 bits per heavy atom. The molecule has 3 nitrogen and oxygen atoms in total. The summed E-state index contributed by atoms with van der Waals surface area (Å²) in [5.41, 5.74) is 0. The predicted molar refractivity (Wildman–Crippen MR) is 41.3 cm³/mol. The number of rotatable bonds is 5. The van der Waals surface area contributed by atoms with Gasteiger partial charge in [-0.1, -0.05) is 52.4 Å². The highest BCUT2D eigenvalue weighted by molar-refractivity contribution is 4.39. The van der Waals surface area contributed by atoms with Gasteiger partial charge in [0.2, 0.25) is 0 Å². The zero-order chi connectivity index (χ0) is 9.82. The van der Waals surface area contributed by atoms with Gasteiger partial charge >= 0.3 is 21.1 Å². The number of halogens is 1. The fraction of sp³-hybridized carbons (Fsp3) is 1.00. The van der Waals surface area contributed by atoms with E-state index in [1.807, 2.05) is 0 Å². The maximum absolute atomic E-state index is 8.68. The van der Waals surface area contributed by atoms with Gasteiger partial charge in [0.05, 0.1) is 0 Å². The van der Waals surface area contributed by atoms with E-state index in [9.17, 15) is 0 Å². The third-order valence-electron chi connectivity index (χ3n) is 1.46. The Hall–Kier alpha value is 0.610. The maximum atomic E-state index is 8.68. The van der Waals surface area contributed by atoms with Crippen molar-refractivity contribution in [3.8, 4) is 0 Å². The summed E-state index contributed by atoms with van der Waals surface area (Å²) in [6.07, 6.45) is 8.49. The van der Waals surface area contributed by atoms with Crippen molar-refractivity contribution in [1.29, 1.82) is 0 Å². The quantitative estimate of drug-likeness (QED) is 0.447. The summed E-state index contributed by atoms with van der Waals surface area (Å²) < 4.78 is 24.5. The number of hydrogen-bond acceptors (Lipinski definition) is 3. The summed E-state index contributed by atoms with van der Waals surface area (Å²) in [4.78, 5) is 0. The lowest BCUT2D eigenvalue weighted by Crippen LogP contribution is -3.98. The minimum absolute atomic E-state index is 1.36. The molecule has 0 amide bonds. The van der Waals surface area contributed by atoms with E-state index in [2.05, 4.69) is 13.8 Å². The van der Waals surface area contributed by atoms with Crippen molar-refractivity contribution < 1.29 is 31.4 Å². The summed E-state index contributed by atoms with van der Waals surface area (Å²) >= 11 is -3.76. The summed E-state index contributed by atoms with van der Waals surface area (Å²) in [7, 11) is 0. The number of unbranched alkanes of at least 4 members (excludes halogenated alkanes) is 5. The Morgan fingerprint density at radius 1 is 0.917 bits per heavy atom. The van der Waals surface area contributed by atoms with Crippen molar-refractivity contribution in [3.05, 3.63) is 0 Å². The zero-order valence-electron chi connectivity index (χ0n) is 7.88. The van der Waals surface area contributed by atoms with E-state index in [-0.39, 0.29) is 0 Å². The Kier molecular flexibility index (Phi) is 17.8. The lowest BCUT2D eigenvalue weighted by molar-refractivity contribution is -1.63. The lowest BCUT2D eigenvalue weighted by atomic mass is 10.1. The van der Waals surface area contributed by atoms with Gasteiger partial charge in [-0.05, 0) is 3.44 Å². The van der Waals surface area contributed by atoms with Gasteiger partial charge < -0.3 is 6.87 Å². The second kappa shape index (κ2) is 14.2. The first kappa shape index (κ1) is 15.1. The summed E-state index contributed by atoms with van der Waals surface area (Å²) in [5.74, 6) is 0. The van der Waals surface area contributed by atoms with Crippen LogP contribution in [0, 0.1) is 0 Å². The van der Waals surface area contributed by atoms with Crippen LogP contribution in [0.15, 0.2) is 0 Å². The number of hydrogen-bond donors (Lipinski definition) is 1. The highest BCUT2D eigenvalue weighted by Gasteiger charge is 1.89. The first-order chi connectivity index (χ1) is 5.65. The molecule has 0 atom stereocenters. The first-order valence-corrected chi connectivity index (χ1v) is 7.12. The van der Waals surface area contributed by atoms with Crippen molar-refractivity contribution in [2.75, 3.05) is 0 Å². The smallest absolute Gasteiger partial charge is 0.396 e. The SMILES string of the molecule is CCCCCCCC.[O-][I+2]([O-])O. The molecular formula is C8H19IO3. The van der Waals surface area contributed by atoms with E-state index < -0.39 is 21.1 Å². The molecule has 0 saturated carbocycles. The molecule has 0 aromatic rings. The molecule has 0 rings (SSSR count). The minimum Gasteiger partial charge on any atom is -0.396 e. The van der Waals surface area contributed by atoms with E-state index in [1.165, 1.54) is 38.5 Å². The molecule has 0 fully saturated rings. The predicted octanol–water partition coefficient (Wildman–Crippen LogP) is -2.56. The third kappa shape index (κ3) is 31.1. The molecule has 0 aromatic carbocycles. The fourth-order valence-electron chi connectivity index (χ4n) is 0.854. The van der Waals surface area contributed by atoms with Gasteiger partial charge in [-0.25, -0.2) is 0 Å². The second-order valence-electron chi connectivity index (χ2n) is 2.62. The molecule has 0 bridgehead atoms.